The maximum atomic E-state index is 12.6. The van der Waals surface area contributed by atoms with E-state index in [1.807, 2.05) is 24.3 Å². The van der Waals surface area contributed by atoms with Crippen LogP contribution < -0.4 is 10.1 Å². The van der Waals surface area contributed by atoms with Crippen LogP contribution in [-0.4, -0.2) is 64.9 Å². The summed E-state index contributed by atoms with van der Waals surface area (Å²) >= 11 is 0. The highest BCUT2D eigenvalue weighted by Gasteiger charge is 2.26. The summed E-state index contributed by atoms with van der Waals surface area (Å²) in [5, 5.41) is 3.34. The summed E-state index contributed by atoms with van der Waals surface area (Å²) in [5.41, 5.74) is 2.01. The van der Waals surface area contributed by atoms with Crippen LogP contribution in [0.3, 0.4) is 0 Å². The van der Waals surface area contributed by atoms with Crippen molar-refractivity contribution >= 4 is 40.0 Å². The van der Waals surface area contributed by atoms with E-state index in [1.54, 1.807) is 40.4 Å². The zero-order valence-electron chi connectivity index (χ0n) is 18.4. The molecule has 1 fully saturated rings. The molecule has 3 rings (SSSR count). The van der Waals surface area contributed by atoms with Crippen LogP contribution in [0.1, 0.15) is 23.5 Å². The lowest BCUT2D eigenvalue weighted by molar-refractivity contribution is 0.414. The minimum absolute atomic E-state index is 0. The second-order valence-corrected chi connectivity index (χ2v) is 9.62. The molecule has 1 atom stereocenters. The highest BCUT2D eigenvalue weighted by molar-refractivity contribution is 14.0. The molecule has 9 heteroatoms. The number of likely N-dealkylation sites (tertiary alicyclic amines) is 1. The Morgan fingerprint density at radius 2 is 1.87 bits per heavy atom. The van der Waals surface area contributed by atoms with Crippen molar-refractivity contribution in [1.29, 1.82) is 0 Å². The second-order valence-electron chi connectivity index (χ2n) is 7.50. The molecule has 0 saturated carbocycles. The van der Waals surface area contributed by atoms with Crippen molar-refractivity contribution in [3.63, 3.8) is 0 Å². The molecule has 31 heavy (non-hydrogen) atoms. The maximum absolute atomic E-state index is 12.6. The van der Waals surface area contributed by atoms with Crippen LogP contribution in [-0.2, 0) is 16.6 Å². The predicted molar refractivity (Wildman–Crippen MR) is 135 cm³/mol. The van der Waals surface area contributed by atoms with Gasteiger partial charge in [-0.3, -0.25) is 4.99 Å². The van der Waals surface area contributed by atoms with Crippen LogP contribution in [0.2, 0.25) is 0 Å². The molecular formula is C22H31IN4O3S. The highest BCUT2D eigenvalue weighted by Crippen LogP contribution is 2.28. The number of nitrogens with zero attached hydrogens (tertiary/aromatic N) is 3. The average Bonchev–Trinajstić information content (AvgIpc) is 3.24. The van der Waals surface area contributed by atoms with Crippen LogP contribution in [0.4, 0.5) is 0 Å². The van der Waals surface area contributed by atoms with Crippen molar-refractivity contribution in [2.75, 3.05) is 41.3 Å². The second kappa shape index (κ2) is 11.1. The summed E-state index contributed by atoms with van der Waals surface area (Å²) in [7, 11) is 3.01. The Hall–Kier alpha value is -1.85. The Kier molecular flexibility index (Phi) is 9.14. The van der Waals surface area contributed by atoms with Gasteiger partial charge in [-0.2, -0.15) is 0 Å². The molecule has 1 aliphatic heterocycles. The fourth-order valence-electron chi connectivity index (χ4n) is 3.71. The number of ether oxygens (including phenoxy) is 1. The molecule has 0 amide bonds. The van der Waals surface area contributed by atoms with Crippen LogP contribution in [0.25, 0.3) is 0 Å². The number of hydrogen-bond acceptors (Lipinski definition) is 4. The minimum atomic E-state index is -3.50. The number of nitrogens with one attached hydrogen (secondary N) is 1. The number of rotatable bonds is 6. The van der Waals surface area contributed by atoms with Gasteiger partial charge in [0.2, 0.25) is 10.0 Å². The summed E-state index contributed by atoms with van der Waals surface area (Å²) < 4.78 is 31.7. The first-order chi connectivity index (χ1) is 14.4. The first-order valence-corrected chi connectivity index (χ1v) is 11.4. The molecule has 1 saturated heterocycles. The molecule has 170 valence electrons. The first kappa shape index (κ1) is 25.4. The van der Waals surface area contributed by atoms with E-state index in [0.717, 1.165) is 36.8 Å². The van der Waals surface area contributed by atoms with Crippen LogP contribution in [0.15, 0.2) is 58.4 Å². The smallest absolute Gasteiger partial charge is 0.242 e. The summed E-state index contributed by atoms with van der Waals surface area (Å²) in [4.78, 5) is 6.95. The van der Waals surface area contributed by atoms with E-state index in [0.29, 0.717) is 17.4 Å². The van der Waals surface area contributed by atoms with Crippen LogP contribution >= 0.6 is 24.0 Å². The van der Waals surface area contributed by atoms with Crippen molar-refractivity contribution in [3.8, 4) is 5.75 Å². The standard InChI is InChI=1S/C22H30N4O3S.HI/c1-23-22(24-15-18-7-5-6-8-21(18)30(27,28)25(2)3)26-14-13-19(16-26)17-9-11-20(29-4)12-10-17;/h5-12,19H,13-16H2,1-4H3,(H,23,24);1H. The van der Waals surface area contributed by atoms with Crippen LogP contribution in [0.5, 0.6) is 5.75 Å². The zero-order chi connectivity index (χ0) is 21.7. The Labute approximate surface area is 202 Å². The number of aliphatic imine (C=N–C) groups is 1. The summed E-state index contributed by atoms with van der Waals surface area (Å²) in [6.07, 6.45) is 1.04. The maximum Gasteiger partial charge on any atom is 0.242 e. The van der Waals surface area contributed by atoms with Crippen molar-refractivity contribution in [3.05, 3.63) is 59.7 Å². The van der Waals surface area contributed by atoms with E-state index in [4.69, 9.17) is 4.74 Å². The Balaban J connectivity index is 0.00000341. The lowest BCUT2D eigenvalue weighted by Gasteiger charge is -2.23. The van der Waals surface area contributed by atoms with E-state index in [1.165, 1.54) is 9.87 Å². The Morgan fingerprint density at radius 1 is 1.19 bits per heavy atom. The fourth-order valence-corrected chi connectivity index (χ4v) is 4.82. The van der Waals surface area contributed by atoms with E-state index >= 15 is 0 Å². The normalized spacial score (nSPS) is 16.9. The third-order valence-electron chi connectivity index (χ3n) is 5.45. The molecule has 0 bridgehead atoms. The highest BCUT2D eigenvalue weighted by atomic mass is 127. The van der Waals surface area contributed by atoms with Gasteiger partial charge in [-0.1, -0.05) is 30.3 Å². The molecule has 7 nitrogen and oxygen atoms in total. The monoisotopic (exact) mass is 558 g/mol. The third kappa shape index (κ3) is 5.89. The number of methoxy groups -OCH3 is 1. The molecular weight excluding hydrogens is 527 g/mol. The van der Waals surface area contributed by atoms with Crippen molar-refractivity contribution in [2.45, 2.75) is 23.8 Å². The van der Waals surface area contributed by atoms with E-state index in [2.05, 4.69) is 27.3 Å². The van der Waals surface area contributed by atoms with Crippen molar-refractivity contribution < 1.29 is 13.2 Å². The van der Waals surface area contributed by atoms with Gasteiger partial charge in [0.05, 0.1) is 12.0 Å². The third-order valence-corrected chi connectivity index (χ3v) is 7.37. The molecule has 0 aromatic heterocycles. The van der Waals surface area contributed by atoms with Gasteiger partial charge in [-0.05, 0) is 35.7 Å². The quantitative estimate of drug-likeness (QED) is 0.335. The molecule has 1 heterocycles. The lowest BCUT2D eigenvalue weighted by atomic mass is 9.98. The van der Waals surface area contributed by atoms with E-state index in [9.17, 15) is 8.42 Å². The van der Waals surface area contributed by atoms with Crippen LogP contribution in [0, 0.1) is 0 Å². The molecule has 2 aromatic rings. The molecule has 0 aliphatic carbocycles. The number of benzene rings is 2. The Bertz CT molecular complexity index is 994. The summed E-state index contributed by atoms with van der Waals surface area (Å²) in [6, 6.07) is 15.3. The summed E-state index contributed by atoms with van der Waals surface area (Å²) in [6.45, 7) is 2.15. The fraction of sp³-hybridized carbons (Fsp3) is 0.409. The van der Waals surface area contributed by atoms with E-state index in [-0.39, 0.29) is 24.0 Å². The molecule has 1 N–H and O–H groups in total. The molecule has 1 unspecified atom stereocenters. The SMILES string of the molecule is CN=C(NCc1ccccc1S(=O)(=O)N(C)C)N1CCC(c2ccc(OC)cc2)C1.I. The largest absolute Gasteiger partial charge is 0.497 e. The molecule has 0 spiro atoms. The molecule has 2 aromatic carbocycles. The lowest BCUT2D eigenvalue weighted by Crippen LogP contribution is -2.39. The molecule has 0 radical (unpaired) electrons. The first-order valence-electron chi connectivity index (χ1n) is 9.96. The van der Waals surface area contributed by atoms with Gasteiger partial charge >= 0.3 is 0 Å². The number of sulfonamides is 1. The molecule has 1 aliphatic rings. The topological polar surface area (TPSA) is 74.2 Å². The van der Waals surface area contributed by atoms with Gasteiger partial charge in [0.15, 0.2) is 5.96 Å². The number of hydrogen-bond donors (Lipinski definition) is 1. The van der Waals surface area contributed by atoms with Gasteiger partial charge in [0, 0.05) is 46.7 Å². The van der Waals surface area contributed by atoms with Gasteiger partial charge in [-0.15, -0.1) is 24.0 Å². The average molecular weight is 558 g/mol. The van der Waals surface area contributed by atoms with Gasteiger partial charge < -0.3 is 15.0 Å². The van der Waals surface area contributed by atoms with E-state index < -0.39 is 10.0 Å². The Morgan fingerprint density at radius 3 is 2.48 bits per heavy atom. The summed E-state index contributed by atoms with van der Waals surface area (Å²) in [5.74, 6) is 2.07. The van der Waals surface area contributed by atoms with Gasteiger partial charge in [-0.25, -0.2) is 12.7 Å². The van der Waals surface area contributed by atoms with Gasteiger partial charge in [0.1, 0.15) is 5.75 Å². The van der Waals surface area contributed by atoms with Gasteiger partial charge in [0.25, 0.3) is 0 Å². The zero-order valence-corrected chi connectivity index (χ0v) is 21.6. The predicted octanol–water partition coefficient (Wildman–Crippen LogP) is 3.13. The van der Waals surface area contributed by atoms with Crippen molar-refractivity contribution in [2.24, 2.45) is 4.99 Å². The van der Waals surface area contributed by atoms with Crippen molar-refractivity contribution in [1.82, 2.24) is 14.5 Å². The number of halogens is 1. The minimum Gasteiger partial charge on any atom is -0.497 e. The number of guanidine groups is 1.